The summed E-state index contributed by atoms with van der Waals surface area (Å²) in [6, 6.07) is 0. The van der Waals surface area contributed by atoms with E-state index in [1.807, 2.05) is 19.0 Å². The van der Waals surface area contributed by atoms with E-state index >= 15 is 0 Å². The van der Waals surface area contributed by atoms with Gasteiger partial charge in [0.1, 0.15) is 13.2 Å². The normalized spacial score (nSPS) is 12.7. The van der Waals surface area contributed by atoms with Crippen molar-refractivity contribution < 1.29 is 47.7 Å². The molecule has 0 heterocycles. The molecule has 2 atom stereocenters. The standard InChI is InChI=1S/C53H99NO10/c1-7-11-15-19-21-27-36-46(34-25-17-13-9-3)52(58)60-42-31-23-29-38-49(55)62-44-48(64-51(57)40-33-41-54(5)6)45-63-50(56)39-30-24-32-43-61-53(59)47(35-26-18-14-10-4)37-28-22-20-16-12-8-2/h46-48H,7-45H2,1-6H3. The van der Waals surface area contributed by atoms with Crippen molar-refractivity contribution in [1.29, 1.82) is 0 Å². The average Bonchev–Trinajstić information content (AvgIpc) is 3.27. The molecule has 2 unspecified atom stereocenters. The van der Waals surface area contributed by atoms with Crippen LogP contribution in [0.1, 0.15) is 246 Å². The summed E-state index contributed by atoms with van der Waals surface area (Å²) in [5.74, 6) is -1.51. The van der Waals surface area contributed by atoms with Crippen LogP contribution in [-0.4, -0.2) is 87.9 Å². The van der Waals surface area contributed by atoms with E-state index in [9.17, 15) is 24.0 Å². The summed E-state index contributed by atoms with van der Waals surface area (Å²) >= 11 is 0. The average molecular weight is 910 g/mol. The molecule has 0 amide bonds. The second-order valence-corrected chi connectivity index (χ2v) is 18.5. The van der Waals surface area contributed by atoms with Crippen LogP contribution >= 0.6 is 0 Å². The Hall–Kier alpha value is -2.69. The van der Waals surface area contributed by atoms with E-state index in [-0.39, 0.29) is 56.3 Å². The van der Waals surface area contributed by atoms with Gasteiger partial charge in [-0.15, -0.1) is 0 Å². The van der Waals surface area contributed by atoms with Gasteiger partial charge in [0.2, 0.25) is 0 Å². The SMILES string of the molecule is CCCCCCCCC(CCCCCC)C(=O)OCCCCCC(=O)OCC(COC(=O)CCCCCOC(=O)C(CCCCCC)CCCCCCCC)OC(=O)CCCN(C)C. The Kier molecular flexibility index (Phi) is 43.6. The molecule has 0 aromatic carbocycles. The number of hydrogen-bond donors (Lipinski definition) is 0. The maximum Gasteiger partial charge on any atom is 0.308 e. The van der Waals surface area contributed by atoms with Gasteiger partial charge in [0.15, 0.2) is 6.10 Å². The fourth-order valence-electron chi connectivity index (χ4n) is 7.83. The summed E-state index contributed by atoms with van der Waals surface area (Å²) < 4.78 is 27.9. The Labute approximate surface area is 392 Å². The zero-order valence-electron chi connectivity index (χ0n) is 42.3. The van der Waals surface area contributed by atoms with E-state index < -0.39 is 24.0 Å². The van der Waals surface area contributed by atoms with Crippen molar-refractivity contribution in [3.8, 4) is 0 Å². The molecule has 0 bridgehead atoms. The monoisotopic (exact) mass is 910 g/mol. The van der Waals surface area contributed by atoms with Crippen LogP contribution in [0.2, 0.25) is 0 Å². The quantitative estimate of drug-likeness (QED) is 0.0328. The number of hydrogen-bond acceptors (Lipinski definition) is 11. The van der Waals surface area contributed by atoms with Gasteiger partial charge in [0, 0.05) is 19.3 Å². The third-order valence-corrected chi connectivity index (χ3v) is 12.0. The molecule has 11 heteroatoms. The summed E-state index contributed by atoms with van der Waals surface area (Å²) in [6.45, 7) is 9.84. The predicted molar refractivity (Wildman–Crippen MR) is 259 cm³/mol. The zero-order valence-corrected chi connectivity index (χ0v) is 42.3. The van der Waals surface area contributed by atoms with Crippen molar-refractivity contribution in [3.05, 3.63) is 0 Å². The summed E-state index contributed by atoms with van der Waals surface area (Å²) in [6.07, 6.45) is 31.4. The van der Waals surface area contributed by atoms with Gasteiger partial charge >= 0.3 is 29.8 Å². The zero-order chi connectivity index (χ0) is 47.3. The topological polar surface area (TPSA) is 135 Å². The Bertz CT molecular complexity index is 1060. The van der Waals surface area contributed by atoms with Gasteiger partial charge in [0.05, 0.1) is 25.0 Å². The summed E-state index contributed by atoms with van der Waals surface area (Å²) in [5.41, 5.74) is 0. The van der Waals surface area contributed by atoms with Crippen molar-refractivity contribution in [3.63, 3.8) is 0 Å². The first kappa shape index (κ1) is 61.3. The molecular formula is C53H99NO10. The highest BCUT2D eigenvalue weighted by atomic mass is 16.6. The molecule has 0 aliphatic carbocycles. The van der Waals surface area contributed by atoms with Crippen LogP contribution in [0.25, 0.3) is 0 Å². The molecule has 0 aliphatic rings. The van der Waals surface area contributed by atoms with E-state index in [1.54, 1.807) is 0 Å². The molecule has 0 rings (SSSR count). The van der Waals surface area contributed by atoms with Crippen LogP contribution in [0, 0.1) is 11.8 Å². The lowest BCUT2D eigenvalue weighted by Gasteiger charge is -2.18. The Morgan fingerprint density at radius 3 is 1.08 bits per heavy atom. The molecule has 0 spiro atoms. The van der Waals surface area contributed by atoms with Crippen LogP contribution in [0.5, 0.6) is 0 Å². The van der Waals surface area contributed by atoms with Gasteiger partial charge in [-0.1, -0.05) is 156 Å². The van der Waals surface area contributed by atoms with Crippen molar-refractivity contribution in [2.24, 2.45) is 11.8 Å². The van der Waals surface area contributed by atoms with Crippen LogP contribution in [0.15, 0.2) is 0 Å². The minimum atomic E-state index is -0.906. The number of carbonyl (C=O) groups is 5. The van der Waals surface area contributed by atoms with Crippen molar-refractivity contribution >= 4 is 29.8 Å². The highest BCUT2D eigenvalue weighted by Gasteiger charge is 2.22. The fraction of sp³-hybridized carbons (Fsp3) is 0.906. The van der Waals surface area contributed by atoms with E-state index in [2.05, 4.69) is 27.7 Å². The molecule has 0 N–H and O–H groups in total. The van der Waals surface area contributed by atoms with E-state index in [0.717, 1.165) is 70.8 Å². The van der Waals surface area contributed by atoms with Gasteiger partial charge < -0.3 is 28.6 Å². The van der Waals surface area contributed by atoms with Crippen LogP contribution < -0.4 is 0 Å². The van der Waals surface area contributed by atoms with Gasteiger partial charge in [-0.3, -0.25) is 24.0 Å². The molecule has 0 aromatic heterocycles. The van der Waals surface area contributed by atoms with E-state index in [0.29, 0.717) is 58.2 Å². The fourth-order valence-corrected chi connectivity index (χ4v) is 7.83. The van der Waals surface area contributed by atoms with Gasteiger partial charge in [-0.05, 0) is 91.3 Å². The first-order valence-corrected chi connectivity index (χ1v) is 26.6. The lowest BCUT2D eigenvalue weighted by molar-refractivity contribution is -0.167. The minimum absolute atomic E-state index is 0.0299. The molecule has 0 radical (unpaired) electrons. The number of ether oxygens (including phenoxy) is 5. The molecule has 0 saturated carbocycles. The first-order valence-electron chi connectivity index (χ1n) is 26.6. The third kappa shape index (κ3) is 39.7. The van der Waals surface area contributed by atoms with E-state index in [4.69, 9.17) is 23.7 Å². The maximum atomic E-state index is 13.0. The van der Waals surface area contributed by atoms with Gasteiger partial charge in [-0.2, -0.15) is 0 Å². The smallest absolute Gasteiger partial charge is 0.308 e. The number of rotatable bonds is 47. The molecule has 0 aromatic rings. The maximum absolute atomic E-state index is 13.0. The lowest BCUT2D eigenvalue weighted by Crippen LogP contribution is -2.31. The molecule has 376 valence electrons. The largest absolute Gasteiger partial charge is 0.465 e. The highest BCUT2D eigenvalue weighted by Crippen LogP contribution is 2.22. The number of unbranched alkanes of at least 4 members (excludes halogenated alkanes) is 20. The Morgan fingerprint density at radius 1 is 0.375 bits per heavy atom. The summed E-state index contributed by atoms with van der Waals surface area (Å²) in [5, 5.41) is 0. The van der Waals surface area contributed by atoms with Gasteiger partial charge in [0.25, 0.3) is 0 Å². The molecule has 0 aliphatic heterocycles. The first-order chi connectivity index (χ1) is 31.1. The molecular weight excluding hydrogens is 811 g/mol. The highest BCUT2D eigenvalue weighted by molar-refractivity contribution is 5.73. The predicted octanol–water partition coefficient (Wildman–Crippen LogP) is 13.2. The lowest BCUT2D eigenvalue weighted by atomic mass is 9.94. The van der Waals surface area contributed by atoms with Crippen LogP contribution in [0.4, 0.5) is 0 Å². The van der Waals surface area contributed by atoms with Crippen molar-refractivity contribution in [2.45, 2.75) is 252 Å². The minimum Gasteiger partial charge on any atom is -0.465 e. The van der Waals surface area contributed by atoms with Crippen molar-refractivity contribution in [2.75, 3.05) is 47.1 Å². The number of esters is 5. The third-order valence-electron chi connectivity index (χ3n) is 12.0. The second-order valence-electron chi connectivity index (χ2n) is 18.5. The second kappa shape index (κ2) is 45.5. The summed E-state index contributed by atoms with van der Waals surface area (Å²) in [4.78, 5) is 65.8. The van der Waals surface area contributed by atoms with E-state index in [1.165, 1.54) is 89.9 Å². The van der Waals surface area contributed by atoms with Gasteiger partial charge in [-0.25, -0.2) is 0 Å². The molecule has 0 fully saturated rings. The Balaban J connectivity index is 4.71. The number of nitrogens with zero attached hydrogens (tertiary/aromatic N) is 1. The molecule has 0 saturated heterocycles. The van der Waals surface area contributed by atoms with Crippen LogP contribution in [0.3, 0.4) is 0 Å². The summed E-state index contributed by atoms with van der Waals surface area (Å²) in [7, 11) is 3.86. The Morgan fingerprint density at radius 2 is 0.703 bits per heavy atom. The van der Waals surface area contributed by atoms with Crippen LogP contribution in [-0.2, 0) is 47.7 Å². The molecule has 11 nitrogen and oxygen atoms in total. The molecule has 64 heavy (non-hydrogen) atoms. The number of carbonyl (C=O) groups excluding carboxylic acids is 5. The van der Waals surface area contributed by atoms with Crippen molar-refractivity contribution in [1.82, 2.24) is 4.90 Å².